The normalized spacial score (nSPS) is 18.6. The average molecular weight is 1290 g/mol. The fraction of sp³-hybridized carbons (Fsp3) is 0.824. The maximum Gasteiger partial charge on any atom is 0.0481 e. The van der Waals surface area contributed by atoms with Gasteiger partial charge in [-0.3, -0.25) is 0 Å². The molecule has 0 saturated carbocycles. The van der Waals surface area contributed by atoms with Crippen LogP contribution in [0.5, 0.6) is 0 Å². The average Bonchev–Trinajstić information content (AvgIpc) is 3.82. The Balaban J connectivity index is 0.000000420. The first kappa shape index (κ1) is 75.3. The van der Waals surface area contributed by atoms with Crippen molar-refractivity contribution in [2.45, 2.75) is 357 Å². The maximum absolute atomic E-state index is 2.83. The first-order chi connectivity index (χ1) is 35.4. The largest absolute Gasteiger partial charge is 0.0694 e. The summed E-state index contributed by atoms with van der Waals surface area (Å²) in [6, 6.07) is 10.8. The van der Waals surface area contributed by atoms with Crippen molar-refractivity contribution in [3.63, 3.8) is 0 Å². The molecule has 2 saturated heterocycles. The van der Waals surface area contributed by atoms with Crippen molar-refractivity contribution >= 4 is 107 Å². The molecule has 0 spiro atoms. The van der Waals surface area contributed by atoms with E-state index in [4.69, 9.17) is 0 Å². The van der Waals surface area contributed by atoms with Gasteiger partial charge >= 0.3 is 0 Å². The smallest absolute Gasteiger partial charge is 0.0481 e. The highest BCUT2D eigenvalue weighted by molar-refractivity contribution is 7.31. The number of benzene rings is 2. The molecule has 0 aliphatic carbocycles. The lowest BCUT2D eigenvalue weighted by Gasteiger charge is -2.59. The molecule has 0 aromatic heterocycles. The van der Waals surface area contributed by atoms with Gasteiger partial charge in [-0.05, 0) is 123 Å². The lowest BCUT2D eigenvalue weighted by Crippen LogP contribution is -2.68. The summed E-state index contributed by atoms with van der Waals surface area (Å²) in [6.07, 6.45) is 6.28. The summed E-state index contributed by atoms with van der Waals surface area (Å²) in [4.78, 5) is 0. The Bertz CT molecular complexity index is 2170. The summed E-state index contributed by atoms with van der Waals surface area (Å²) >= 11 is 0. The van der Waals surface area contributed by atoms with Crippen LogP contribution in [0.15, 0.2) is 24.3 Å². The SMILES string of the molecule is CC(C)c1cc(C(C)C)c([Si](C(C)C)=[Si]2C([Si](C)(C)C)([Si](C)(C)C)CCC2([Si](C)(C)C)[Si](C)(C)C)c(C(C)C)c1.CC(C)c1cc(C(C)C)c([Si](C(C)C)=[Si]2C([Si](C)(C)C)([Si](C)(C)C)CCC2([Si](C)(C)C)[Si](C)(C)C)c(C(C)C)c1. The standard InChI is InChI=1S/2C34H70Si6/c2*1-25(2)29-23-30(26(3)4)32(31(24-29)27(5)6)35(28(7)8)36-33(37(9,10)11,38(12,13)14)21-22-34(36,39(15,16)17)40(18,19)20/h2*23-28H,21-22H2,1-20H3. The second-order valence-electron chi connectivity index (χ2n) is 37.6. The van der Waals surface area contributed by atoms with E-state index in [1.165, 1.54) is 0 Å². The summed E-state index contributed by atoms with van der Waals surface area (Å²) in [5.74, 6) is 3.55. The van der Waals surface area contributed by atoms with Gasteiger partial charge in [-0.25, -0.2) is 0 Å². The van der Waals surface area contributed by atoms with E-state index in [-0.39, 0.29) is 0 Å². The highest BCUT2D eigenvalue weighted by atomic mass is 28.9. The van der Waals surface area contributed by atoms with Crippen molar-refractivity contribution in [1.82, 2.24) is 0 Å². The molecule has 2 heterocycles. The Kier molecular flexibility index (Phi) is 23.7. The molecule has 460 valence electrons. The topological polar surface area (TPSA) is 0 Å². The van der Waals surface area contributed by atoms with Gasteiger partial charge in [0.1, 0.15) is 0 Å². The Morgan fingerprint density at radius 3 is 0.525 bits per heavy atom. The van der Waals surface area contributed by atoms with Crippen molar-refractivity contribution in [3.8, 4) is 0 Å². The van der Waals surface area contributed by atoms with Crippen LogP contribution in [0.2, 0.25) is 185 Å². The molecule has 0 radical (unpaired) electrons. The second-order valence-corrected chi connectivity index (χ2v) is 103. The van der Waals surface area contributed by atoms with Crippen LogP contribution < -0.4 is 10.4 Å². The predicted molar refractivity (Wildman–Crippen MR) is 406 cm³/mol. The zero-order chi connectivity index (χ0) is 63.2. The molecule has 0 nitrogen and oxygen atoms in total. The zero-order valence-corrected chi connectivity index (χ0v) is 73.8. The van der Waals surface area contributed by atoms with Crippen molar-refractivity contribution < 1.29 is 0 Å². The third kappa shape index (κ3) is 13.2. The van der Waals surface area contributed by atoms with E-state index >= 15 is 0 Å². The van der Waals surface area contributed by atoms with E-state index in [2.05, 4.69) is 292 Å². The van der Waals surface area contributed by atoms with E-state index < -0.39 is 96.2 Å². The molecule has 2 aromatic rings. The maximum atomic E-state index is 2.83. The molecular formula is C68H140Si12. The minimum absolute atomic E-state index is 0.588. The summed E-state index contributed by atoms with van der Waals surface area (Å²) in [6.45, 7) is 108. The minimum atomic E-state index is -1.50. The number of rotatable bonds is 18. The molecule has 4 rings (SSSR count). The van der Waals surface area contributed by atoms with Gasteiger partial charge in [-0.1, -0.05) is 318 Å². The fourth-order valence-electron chi connectivity index (χ4n) is 19.3. The molecule has 2 fully saturated rings. The van der Waals surface area contributed by atoms with Crippen LogP contribution >= 0.6 is 0 Å². The van der Waals surface area contributed by atoms with E-state index in [1.54, 1.807) is 59.1 Å². The number of hydrogen-bond acceptors (Lipinski definition) is 0. The molecule has 0 bridgehead atoms. The Morgan fingerprint density at radius 1 is 0.275 bits per heavy atom. The van der Waals surface area contributed by atoms with Crippen LogP contribution in [-0.2, 0) is 0 Å². The van der Waals surface area contributed by atoms with Gasteiger partial charge < -0.3 is 0 Å². The van der Waals surface area contributed by atoms with Crippen molar-refractivity contribution in [2.75, 3.05) is 0 Å². The van der Waals surface area contributed by atoms with Gasteiger partial charge in [0, 0.05) is 80.4 Å². The van der Waals surface area contributed by atoms with E-state index in [1.807, 2.05) is 10.4 Å². The lowest BCUT2D eigenvalue weighted by atomic mass is 9.89. The molecule has 0 N–H and O–H groups in total. The molecule has 80 heavy (non-hydrogen) atoms. The van der Waals surface area contributed by atoms with Crippen LogP contribution in [0.25, 0.3) is 0 Å². The van der Waals surface area contributed by atoms with Crippen molar-refractivity contribution in [3.05, 3.63) is 57.6 Å². The van der Waals surface area contributed by atoms with Gasteiger partial charge in [0.2, 0.25) is 0 Å². The molecule has 0 unspecified atom stereocenters. The van der Waals surface area contributed by atoms with Crippen LogP contribution in [0.1, 0.15) is 205 Å². The lowest BCUT2D eigenvalue weighted by molar-refractivity contribution is 0.763. The van der Waals surface area contributed by atoms with Gasteiger partial charge in [0.15, 0.2) is 0 Å². The first-order valence-corrected chi connectivity index (χ1v) is 69.4. The third-order valence-corrected chi connectivity index (χ3v) is 116. The van der Waals surface area contributed by atoms with E-state index in [0.29, 0.717) is 52.6 Å². The van der Waals surface area contributed by atoms with E-state index in [0.717, 1.165) is 11.1 Å². The zero-order valence-electron chi connectivity index (χ0n) is 61.8. The van der Waals surface area contributed by atoms with Gasteiger partial charge in [-0.2, -0.15) is 0 Å². The predicted octanol–water partition coefficient (Wildman–Crippen LogP) is 23.1. The van der Waals surface area contributed by atoms with Gasteiger partial charge in [0.25, 0.3) is 0 Å². The van der Waals surface area contributed by atoms with Crippen molar-refractivity contribution in [2.24, 2.45) is 0 Å². The highest BCUT2D eigenvalue weighted by Crippen LogP contribution is 2.71. The molecule has 2 aliphatic heterocycles. The van der Waals surface area contributed by atoms with Gasteiger partial charge in [0.05, 0.1) is 0 Å². The number of hydrogen-bond donors (Lipinski definition) is 0. The molecule has 2 aliphatic rings. The molecule has 0 atom stereocenters. The highest BCUT2D eigenvalue weighted by Gasteiger charge is 2.72. The molecule has 0 amide bonds. The molecule has 2 aromatic carbocycles. The molecular weight excluding hydrogens is 1150 g/mol. The van der Waals surface area contributed by atoms with Crippen LogP contribution in [0, 0.1) is 0 Å². The van der Waals surface area contributed by atoms with E-state index in [9.17, 15) is 0 Å². The minimum Gasteiger partial charge on any atom is -0.0694 e. The monoisotopic (exact) mass is 1290 g/mol. The third-order valence-electron chi connectivity index (χ3n) is 22.2. The van der Waals surface area contributed by atoms with Crippen LogP contribution in [0.3, 0.4) is 0 Å². The second kappa shape index (κ2) is 25.1. The quantitative estimate of drug-likeness (QED) is 0.131. The Labute approximate surface area is 517 Å². The van der Waals surface area contributed by atoms with Crippen LogP contribution in [0.4, 0.5) is 0 Å². The summed E-state index contributed by atoms with van der Waals surface area (Å²) in [7, 11) is -15.1. The Morgan fingerprint density at radius 2 is 0.425 bits per heavy atom. The fourth-order valence-corrected chi connectivity index (χ4v) is 155. The van der Waals surface area contributed by atoms with Crippen molar-refractivity contribution in [1.29, 1.82) is 0 Å². The van der Waals surface area contributed by atoms with Crippen LogP contribution in [-0.4, -0.2) is 96.2 Å². The summed E-state index contributed by atoms with van der Waals surface area (Å²) < 4.78 is 2.73. The Hall–Kier alpha value is 1.04. The molecule has 12 heteroatoms. The summed E-state index contributed by atoms with van der Waals surface area (Å²) in [5.41, 5.74) is 11.7. The van der Waals surface area contributed by atoms with Gasteiger partial charge in [-0.15, -0.1) is 0 Å². The summed E-state index contributed by atoms with van der Waals surface area (Å²) in [5, 5.41) is 3.90. The first-order valence-electron chi connectivity index (χ1n) is 33.3.